The van der Waals surface area contributed by atoms with Crippen LogP contribution in [0.1, 0.15) is 42.4 Å². The number of hydrogen-bond donors (Lipinski definition) is 1. The Balaban J connectivity index is 1.69. The van der Waals surface area contributed by atoms with Crippen molar-refractivity contribution in [1.82, 2.24) is 14.1 Å². The van der Waals surface area contributed by atoms with Gasteiger partial charge >= 0.3 is 0 Å². The van der Waals surface area contributed by atoms with E-state index in [0.29, 0.717) is 5.52 Å². The molecule has 4 rings (SSSR count). The minimum absolute atomic E-state index is 0.00540. The lowest BCUT2D eigenvalue weighted by molar-refractivity contribution is 0.0977. The molecule has 1 N–H and O–H groups in total. The Morgan fingerprint density at radius 1 is 1.09 bits per heavy atom. The van der Waals surface area contributed by atoms with E-state index in [0.717, 1.165) is 27.8 Å². The van der Waals surface area contributed by atoms with Crippen molar-refractivity contribution in [3.05, 3.63) is 70.7 Å². The third-order valence-electron chi connectivity index (χ3n) is 5.51. The number of fused-ring (bicyclic) bond motifs is 1. The summed E-state index contributed by atoms with van der Waals surface area (Å²) in [5.74, 6) is -0.664. The minimum Gasteiger partial charge on any atom is -0.495 e. The third-order valence-corrected chi connectivity index (χ3v) is 7.61. The van der Waals surface area contributed by atoms with Crippen molar-refractivity contribution in [1.29, 1.82) is 0 Å². The fourth-order valence-electron chi connectivity index (χ4n) is 3.62. The van der Waals surface area contributed by atoms with Gasteiger partial charge in [-0.25, -0.2) is 18.1 Å². The first-order valence-corrected chi connectivity index (χ1v) is 12.9. The summed E-state index contributed by atoms with van der Waals surface area (Å²) in [7, 11) is -2.82. The average Bonchev–Trinajstić information content (AvgIpc) is 3.22. The zero-order valence-corrected chi connectivity index (χ0v) is 21.2. The van der Waals surface area contributed by atoms with E-state index < -0.39 is 15.9 Å². The van der Waals surface area contributed by atoms with Crippen LogP contribution in [0.15, 0.2) is 58.8 Å². The number of pyridine rings is 1. The molecule has 2 aromatic heterocycles. The Hall–Kier alpha value is -3.30. The first kappa shape index (κ1) is 23.8. The van der Waals surface area contributed by atoms with Crippen LogP contribution in [-0.2, 0) is 15.4 Å². The number of hydrogen-bond acceptors (Lipinski definition) is 7. The van der Waals surface area contributed by atoms with Crippen molar-refractivity contribution in [2.75, 3.05) is 7.11 Å². The molecule has 0 saturated carbocycles. The molecule has 0 bridgehead atoms. The van der Waals surface area contributed by atoms with Gasteiger partial charge in [-0.3, -0.25) is 4.79 Å². The SMILES string of the molecule is COc1ccc(C(C)(C)C)cc1S(=O)(=O)NC(=O)c1ccc2c(-c3nscc3C)cccc2n1. The summed E-state index contributed by atoms with van der Waals surface area (Å²) in [6, 6.07) is 13.8. The van der Waals surface area contributed by atoms with Crippen LogP contribution < -0.4 is 9.46 Å². The van der Waals surface area contributed by atoms with E-state index in [1.165, 1.54) is 30.8 Å². The van der Waals surface area contributed by atoms with Crippen molar-refractivity contribution < 1.29 is 17.9 Å². The minimum atomic E-state index is -4.21. The fourth-order valence-corrected chi connectivity index (χ4v) is 5.45. The molecule has 4 aromatic rings. The van der Waals surface area contributed by atoms with Gasteiger partial charge in [0.2, 0.25) is 0 Å². The summed E-state index contributed by atoms with van der Waals surface area (Å²) in [5.41, 5.74) is 3.91. The van der Waals surface area contributed by atoms with Crippen LogP contribution >= 0.6 is 11.5 Å². The molecule has 0 aliphatic rings. The second-order valence-electron chi connectivity index (χ2n) is 8.97. The number of aryl methyl sites for hydroxylation is 1. The zero-order chi connectivity index (χ0) is 24.7. The molecule has 0 unspecified atom stereocenters. The molecule has 1 amide bonds. The van der Waals surface area contributed by atoms with Gasteiger partial charge in [0.15, 0.2) is 0 Å². The van der Waals surface area contributed by atoms with Gasteiger partial charge in [0.1, 0.15) is 16.3 Å². The highest BCUT2D eigenvalue weighted by atomic mass is 32.2. The van der Waals surface area contributed by atoms with E-state index in [4.69, 9.17) is 4.74 Å². The maximum absolute atomic E-state index is 13.1. The number of ether oxygens (including phenoxy) is 1. The molecule has 0 fully saturated rings. The van der Waals surface area contributed by atoms with Crippen LogP contribution in [0.5, 0.6) is 5.75 Å². The molecular weight excluding hydrogens is 470 g/mol. The lowest BCUT2D eigenvalue weighted by Crippen LogP contribution is -2.31. The van der Waals surface area contributed by atoms with E-state index in [-0.39, 0.29) is 21.8 Å². The van der Waals surface area contributed by atoms with Gasteiger partial charge < -0.3 is 4.74 Å². The maximum Gasteiger partial charge on any atom is 0.283 e. The van der Waals surface area contributed by atoms with Crippen molar-refractivity contribution in [2.45, 2.75) is 38.0 Å². The summed E-state index contributed by atoms with van der Waals surface area (Å²) >= 11 is 1.38. The third kappa shape index (κ3) is 4.53. The summed E-state index contributed by atoms with van der Waals surface area (Å²) in [6.45, 7) is 7.92. The molecule has 2 heterocycles. The van der Waals surface area contributed by atoms with Gasteiger partial charge in [0.25, 0.3) is 15.9 Å². The number of methoxy groups -OCH3 is 1. The molecule has 7 nitrogen and oxygen atoms in total. The van der Waals surface area contributed by atoms with E-state index in [1.807, 2.05) is 51.3 Å². The molecule has 176 valence electrons. The zero-order valence-electron chi connectivity index (χ0n) is 19.5. The van der Waals surface area contributed by atoms with Gasteiger partial charge in [0, 0.05) is 16.3 Å². The van der Waals surface area contributed by atoms with Gasteiger partial charge in [-0.2, -0.15) is 4.37 Å². The monoisotopic (exact) mass is 495 g/mol. The van der Waals surface area contributed by atoms with E-state index in [1.54, 1.807) is 18.2 Å². The Bertz CT molecular complexity index is 1500. The van der Waals surface area contributed by atoms with Crippen molar-refractivity contribution in [2.24, 2.45) is 0 Å². The van der Waals surface area contributed by atoms with E-state index >= 15 is 0 Å². The van der Waals surface area contributed by atoms with Gasteiger partial charge in [-0.1, -0.05) is 39.0 Å². The summed E-state index contributed by atoms with van der Waals surface area (Å²) in [6.07, 6.45) is 0. The fraction of sp³-hybridized carbons (Fsp3) is 0.240. The quantitative estimate of drug-likeness (QED) is 0.414. The highest BCUT2D eigenvalue weighted by Gasteiger charge is 2.26. The van der Waals surface area contributed by atoms with E-state index in [9.17, 15) is 13.2 Å². The van der Waals surface area contributed by atoms with Crippen molar-refractivity contribution in [3.63, 3.8) is 0 Å². The summed E-state index contributed by atoms with van der Waals surface area (Å²) in [5, 5.41) is 2.80. The Morgan fingerprint density at radius 2 is 1.85 bits per heavy atom. The highest BCUT2D eigenvalue weighted by molar-refractivity contribution is 7.90. The number of carbonyl (C=O) groups excluding carboxylic acids is 1. The molecule has 0 aliphatic carbocycles. The van der Waals surface area contributed by atoms with Crippen LogP contribution in [0.4, 0.5) is 0 Å². The number of nitrogens with zero attached hydrogens (tertiary/aromatic N) is 2. The van der Waals surface area contributed by atoms with Crippen LogP contribution in [0.25, 0.3) is 22.2 Å². The van der Waals surface area contributed by atoms with Gasteiger partial charge in [-0.15, -0.1) is 0 Å². The average molecular weight is 496 g/mol. The number of carbonyl (C=O) groups is 1. The number of sulfonamides is 1. The predicted molar refractivity (Wildman–Crippen MR) is 134 cm³/mol. The summed E-state index contributed by atoms with van der Waals surface area (Å²) < 4.78 is 38.1. The van der Waals surface area contributed by atoms with Gasteiger partial charge in [-0.05, 0) is 65.3 Å². The second-order valence-corrected chi connectivity index (χ2v) is 11.2. The van der Waals surface area contributed by atoms with Crippen molar-refractivity contribution >= 4 is 38.4 Å². The lowest BCUT2D eigenvalue weighted by Gasteiger charge is -2.21. The first-order valence-electron chi connectivity index (χ1n) is 10.6. The Kier molecular flexibility index (Phi) is 6.18. The highest BCUT2D eigenvalue weighted by Crippen LogP contribution is 2.32. The number of rotatable bonds is 5. The molecule has 0 aliphatic heterocycles. The number of amides is 1. The standard InChI is InChI=1S/C25H25N3O4S2/c1-15-14-33-27-23(15)18-7-6-8-19-17(18)10-11-20(26-19)24(29)28-34(30,31)22-13-16(25(2,3)4)9-12-21(22)32-5/h6-14H,1-5H3,(H,28,29). The molecule has 0 radical (unpaired) electrons. The Morgan fingerprint density at radius 3 is 2.50 bits per heavy atom. The van der Waals surface area contributed by atoms with Crippen LogP contribution in [0, 0.1) is 6.92 Å². The van der Waals surface area contributed by atoms with Crippen LogP contribution in [-0.4, -0.2) is 30.8 Å². The second kappa shape index (κ2) is 8.81. The maximum atomic E-state index is 13.1. The van der Waals surface area contributed by atoms with E-state index in [2.05, 4.69) is 14.1 Å². The molecule has 0 spiro atoms. The molecule has 0 atom stereocenters. The normalized spacial score (nSPS) is 12.0. The predicted octanol–water partition coefficient (Wildman–Crippen LogP) is 5.09. The number of nitrogens with one attached hydrogen (secondary N) is 1. The number of benzene rings is 2. The van der Waals surface area contributed by atoms with Crippen LogP contribution in [0.2, 0.25) is 0 Å². The van der Waals surface area contributed by atoms with Crippen LogP contribution in [0.3, 0.4) is 0 Å². The first-order chi connectivity index (χ1) is 16.0. The molecular formula is C25H25N3O4S2. The molecule has 2 aromatic carbocycles. The topological polar surface area (TPSA) is 98.2 Å². The smallest absolute Gasteiger partial charge is 0.283 e. The summed E-state index contributed by atoms with van der Waals surface area (Å²) in [4.78, 5) is 17.2. The molecule has 0 saturated heterocycles. The number of aromatic nitrogens is 2. The van der Waals surface area contributed by atoms with Crippen molar-refractivity contribution in [3.8, 4) is 17.0 Å². The largest absolute Gasteiger partial charge is 0.495 e. The molecule has 34 heavy (non-hydrogen) atoms. The lowest BCUT2D eigenvalue weighted by atomic mass is 9.87. The molecule has 9 heteroatoms. The Labute approximate surface area is 203 Å². The van der Waals surface area contributed by atoms with Gasteiger partial charge in [0.05, 0.1) is 18.3 Å².